The topological polar surface area (TPSA) is 83.7 Å². The maximum atomic E-state index is 10.8. The third-order valence-electron chi connectivity index (χ3n) is 3.35. The predicted molar refractivity (Wildman–Crippen MR) is 76.7 cm³/mol. The Morgan fingerprint density at radius 3 is 2.73 bits per heavy atom. The van der Waals surface area contributed by atoms with E-state index in [-0.39, 0.29) is 11.4 Å². The lowest BCUT2D eigenvalue weighted by Gasteiger charge is -2.25. The first kappa shape index (κ1) is 14.4. The van der Waals surface area contributed by atoms with Crippen LogP contribution in [0.3, 0.4) is 0 Å². The number of hydrogen-bond acceptors (Lipinski definition) is 6. The highest BCUT2D eigenvalue weighted by Crippen LogP contribution is 2.38. The molecule has 0 radical (unpaired) electrons. The molecule has 0 bridgehead atoms. The fourth-order valence-electron chi connectivity index (χ4n) is 2.29. The average molecular weight is 302 g/mol. The molecular weight excluding hydrogens is 288 g/mol. The highest BCUT2D eigenvalue weighted by molar-refractivity contribution is 5.42. The Bertz CT molecular complexity index is 698. The van der Waals surface area contributed by atoms with E-state index in [1.807, 2.05) is 25.1 Å². The molecule has 0 unspecified atom stereocenters. The van der Waals surface area contributed by atoms with Gasteiger partial charge in [-0.15, -0.1) is 0 Å². The van der Waals surface area contributed by atoms with Crippen molar-refractivity contribution in [2.45, 2.75) is 12.7 Å². The zero-order chi connectivity index (χ0) is 15.6. The molecule has 0 saturated carbocycles. The third kappa shape index (κ3) is 2.76. The van der Waals surface area contributed by atoms with Gasteiger partial charge in [0, 0.05) is 0 Å². The summed E-state index contributed by atoms with van der Waals surface area (Å²) in [6.45, 7) is 2.82. The molecule has 7 heteroatoms. The van der Waals surface area contributed by atoms with Crippen molar-refractivity contribution in [2.24, 2.45) is 0 Å². The first-order chi connectivity index (χ1) is 10.6. The highest BCUT2D eigenvalue weighted by Gasteiger charge is 2.35. The molecular formula is C15H14N2O5. The Balaban J connectivity index is 1.93. The minimum absolute atomic E-state index is 0.130. The van der Waals surface area contributed by atoms with Crippen LogP contribution in [-0.2, 0) is 15.3 Å². The highest BCUT2D eigenvalue weighted by atomic mass is 16.7. The van der Waals surface area contributed by atoms with Gasteiger partial charge in [-0.2, -0.15) is 0 Å². The molecule has 1 aromatic carbocycles. The van der Waals surface area contributed by atoms with Crippen molar-refractivity contribution in [3.8, 4) is 11.5 Å². The van der Waals surface area contributed by atoms with Crippen molar-refractivity contribution >= 4 is 5.69 Å². The van der Waals surface area contributed by atoms with Crippen LogP contribution in [0.15, 0.2) is 42.7 Å². The van der Waals surface area contributed by atoms with Crippen LogP contribution in [0.4, 0.5) is 5.69 Å². The largest absolute Gasteiger partial charge is 0.455 e. The molecule has 0 aliphatic carbocycles. The van der Waals surface area contributed by atoms with Crippen LogP contribution in [-0.4, -0.2) is 23.1 Å². The van der Waals surface area contributed by atoms with Crippen LogP contribution < -0.4 is 4.74 Å². The molecule has 0 amide bonds. The molecule has 1 fully saturated rings. The van der Waals surface area contributed by atoms with Gasteiger partial charge in [-0.25, -0.2) is 0 Å². The SMILES string of the molecule is CC1(c2ccccc2Oc2cncc([N+](=O)[O-])c2)OCCO1. The van der Waals surface area contributed by atoms with Gasteiger partial charge < -0.3 is 14.2 Å². The Labute approximate surface area is 126 Å². The Hall–Kier alpha value is -2.51. The van der Waals surface area contributed by atoms with E-state index in [0.29, 0.717) is 19.0 Å². The zero-order valence-electron chi connectivity index (χ0n) is 11.9. The number of rotatable bonds is 4. The smallest absolute Gasteiger partial charge is 0.291 e. The van der Waals surface area contributed by atoms with Crippen molar-refractivity contribution in [3.05, 3.63) is 58.4 Å². The second kappa shape index (κ2) is 5.70. The average Bonchev–Trinajstić information content (AvgIpc) is 2.96. The summed E-state index contributed by atoms with van der Waals surface area (Å²) in [7, 11) is 0. The number of nitrogens with zero attached hydrogens (tertiary/aromatic N) is 2. The second-order valence-corrected chi connectivity index (χ2v) is 4.88. The summed E-state index contributed by atoms with van der Waals surface area (Å²) in [6.07, 6.45) is 2.59. The number of pyridine rings is 1. The van der Waals surface area contributed by atoms with Crippen molar-refractivity contribution in [2.75, 3.05) is 13.2 Å². The van der Waals surface area contributed by atoms with Gasteiger partial charge in [-0.3, -0.25) is 15.1 Å². The molecule has 1 aliphatic rings. The van der Waals surface area contributed by atoms with E-state index >= 15 is 0 Å². The summed E-state index contributed by atoms with van der Waals surface area (Å²) < 4.78 is 17.0. The molecule has 0 spiro atoms. The lowest BCUT2D eigenvalue weighted by molar-refractivity contribution is -0.385. The van der Waals surface area contributed by atoms with Gasteiger partial charge in [0.25, 0.3) is 5.69 Å². The number of aromatic nitrogens is 1. The monoisotopic (exact) mass is 302 g/mol. The first-order valence-corrected chi connectivity index (χ1v) is 6.73. The molecule has 22 heavy (non-hydrogen) atoms. The summed E-state index contributed by atoms with van der Waals surface area (Å²) in [6, 6.07) is 8.57. The molecule has 2 aromatic rings. The molecule has 2 heterocycles. The molecule has 1 aliphatic heterocycles. The summed E-state index contributed by atoms with van der Waals surface area (Å²) in [4.78, 5) is 14.1. The van der Waals surface area contributed by atoms with Crippen LogP contribution in [0.5, 0.6) is 11.5 Å². The van der Waals surface area contributed by atoms with E-state index in [9.17, 15) is 10.1 Å². The summed E-state index contributed by atoms with van der Waals surface area (Å²) in [5.74, 6) is -0.0949. The third-order valence-corrected chi connectivity index (χ3v) is 3.35. The quantitative estimate of drug-likeness (QED) is 0.637. The molecule has 0 atom stereocenters. The molecule has 114 valence electrons. The second-order valence-electron chi connectivity index (χ2n) is 4.88. The lowest BCUT2D eigenvalue weighted by atomic mass is 10.1. The molecule has 0 N–H and O–H groups in total. The predicted octanol–water partition coefficient (Wildman–Crippen LogP) is 3.00. The van der Waals surface area contributed by atoms with Crippen LogP contribution in [0.25, 0.3) is 0 Å². The molecule has 1 saturated heterocycles. The van der Waals surface area contributed by atoms with Crippen molar-refractivity contribution < 1.29 is 19.1 Å². The van der Waals surface area contributed by atoms with Crippen LogP contribution in [0, 0.1) is 10.1 Å². The van der Waals surface area contributed by atoms with Crippen molar-refractivity contribution in [3.63, 3.8) is 0 Å². The maximum absolute atomic E-state index is 10.8. The Kier molecular flexibility index (Phi) is 3.74. The number of nitro groups is 1. The molecule has 1 aromatic heterocycles. The van der Waals surface area contributed by atoms with E-state index in [1.165, 1.54) is 18.5 Å². The Morgan fingerprint density at radius 1 is 1.27 bits per heavy atom. The van der Waals surface area contributed by atoms with Gasteiger partial charge >= 0.3 is 0 Å². The van der Waals surface area contributed by atoms with Crippen LogP contribution >= 0.6 is 0 Å². The molecule has 7 nitrogen and oxygen atoms in total. The first-order valence-electron chi connectivity index (χ1n) is 6.73. The minimum atomic E-state index is -0.884. The molecule has 3 rings (SSSR count). The van der Waals surface area contributed by atoms with Crippen LogP contribution in [0.1, 0.15) is 12.5 Å². The minimum Gasteiger partial charge on any atom is -0.455 e. The van der Waals surface area contributed by atoms with Crippen molar-refractivity contribution in [1.82, 2.24) is 4.98 Å². The van der Waals surface area contributed by atoms with E-state index in [0.717, 1.165) is 5.56 Å². The van der Waals surface area contributed by atoms with E-state index in [2.05, 4.69) is 4.98 Å². The summed E-state index contributed by atoms with van der Waals surface area (Å²) in [5, 5.41) is 10.8. The fourth-order valence-corrected chi connectivity index (χ4v) is 2.29. The van der Waals surface area contributed by atoms with Crippen LogP contribution in [0.2, 0.25) is 0 Å². The van der Waals surface area contributed by atoms with Gasteiger partial charge in [-0.1, -0.05) is 12.1 Å². The number of benzene rings is 1. The standard InChI is InChI=1S/C15H14N2O5/c1-15(20-6-7-21-15)13-4-2-3-5-14(13)22-12-8-11(17(18)19)9-16-10-12/h2-5,8-10H,6-7H2,1H3. The summed E-state index contributed by atoms with van der Waals surface area (Å²) >= 11 is 0. The van der Waals surface area contributed by atoms with E-state index < -0.39 is 10.7 Å². The van der Waals surface area contributed by atoms with E-state index in [1.54, 1.807) is 6.07 Å². The summed E-state index contributed by atoms with van der Waals surface area (Å²) in [5.41, 5.74) is 0.591. The Morgan fingerprint density at radius 2 is 2.00 bits per heavy atom. The number of ether oxygens (including phenoxy) is 3. The lowest BCUT2D eigenvalue weighted by Crippen LogP contribution is -2.23. The number of hydrogen-bond donors (Lipinski definition) is 0. The van der Waals surface area contributed by atoms with E-state index in [4.69, 9.17) is 14.2 Å². The van der Waals surface area contributed by atoms with Gasteiger partial charge in [-0.05, 0) is 19.1 Å². The fraction of sp³-hybridized carbons (Fsp3) is 0.267. The van der Waals surface area contributed by atoms with Gasteiger partial charge in [0.15, 0.2) is 11.5 Å². The van der Waals surface area contributed by atoms with Gasteiger partial charge in [0.2, 0.25) is 0 Å². The normalized spacial score (nSPS) is 16.4. The van der Waals surface area contributed by atoms with Gasteiger partial charge in [0.1, 0.15) is 11.9 Å². The maximum Gasteiger partial charge on any atom is 0.291 e. The number of para-hydroxylation sites is 1. The van der Waals surface area contributed by atoms with Crippen molar-refractivity contribution in [1.29, 1.82) is 0 Å². The van der Waals surface area contributed by atoms with Gasteiger partial charge in [0.05, 0.1) is 36.0 Å². The zero-order valence-corrected chi connectivity index (χ0v) is 11.9.